The molecule has 5 nitrogen and oxygen atoms in total. The molecule has 5 heteroatoms. The highest BCUT2D eigenvalue weighted by Gasteiger charge is 2.15. The summed E-state index contributed by atoms with van der Waals surface area (Å²) in [7, 11) is 0. The number of amides is 1. The topological polar surface area (TPSA) is 63.2 Å². The molecule has 1 aliphatic rings. The first-order valence-corrected chi connectivity index (χ1v) is 7.35. The van der Waals surface area contributed by atoms with Crippen molar-refractivity contribution in [3.05, 3.63) is 23.9 Å². The van der Waals surface area contributed by atoms with E-state index in [0.717, 1.165) is 44.8 Å². The van der Waals surface area contributed by atoms with E-state index in [1.165, 1.54) is 0 Å². The normalized spacial score (nSPS) is 17.9. The van der Waals surface area contributed by atoms with Crippen molar-refractivity contribution in [2.24, 2.45) is 5.92 Å². The van der Waals surface area contributed by atoms with E-state index >= 15 is 0 Å². The van der Waals surface area contributed by atoms with Gasteiger partial charge in [-0.15, -0.1) is 0 Å². The van der Waals surface area contributed by atoms with Gasteiger partial charge in [0, 0.05) is 38.1 Å². The van der Waals surface area contributed by atoms with E-state index in [2.05, 4.69) is 22.5 Å². The number of rotatable bonds is 7. The number of hydrogen-bond donors (Lipinski definition) is 2. The first-order valence-electron chi connectivity index (χ1n) is 7.35. The zero-order valence-corrected chi connectivity index (χ0v) is 12.0. The van der Waals surface area contributed by atoms with E-state index in [1.54, 1.807) is 18.3 Å². The lowest BCUT2D eigenvalue weighted by molar-refractivity contribution is 0.0950. The smallest absolute Gasteiger partial charge is 0.251 e. The lowest BCUT2D eigenvalue weighted by Gasteiger charge is -2.10. The van der Waals surface area contributed by atoms with Crippen LogP contribution in [0.2, 0.25) is 0 Å². The monoisotopic (exact) mass is 277 g/mol. The summed E-state index contributed by atoms with van der Waals surface area (Å²) in [5.41, 5.74) is 0.654. The first kappa shape index (κ1) is 14.8. The highest BCUT2D eigenvalue weighted by molar-refractivity contribution is 5.94. The fraction of sp³-hybridized carbons (Fsp3) is 0.600. The van der Waals surface area contributed by atoms with Gasteiger partial charge in [-0.1, -0.05) is 6.92 Å². The highest BCUT2D eigenvalue weighted by Crippen LogP contribution is 2.15. The molecule has 1 amide bonds. The SMILES string of the molecule is CCCNc1cc(C(=O)NCCC2CCOC2)ccn1. The Bertz CT molecular complexity index is 431. The Balaban J connectivity index is 1.78. The van der Waals surface area contributed by atoms with Crippen LogP contribution in [0.25, 0.3) is 0 Å². The Morgan fingerprint density at radius 3 is 3.15 bits per heavy atom. The number of carbonyl (C=O) groups excluding carboxylic acids is 1. The number of pyridine rings is 1. The zero-order chi connectivity index (χ0) is 14.2. The summed E-state index contributed by atoms with van der Waals surface area (Å²) < 4.78 is 5.32. The Hall–Kier alpha value is -1.62. The van der Waals surface area contributed by atoms with Crippen molar-refractivity contribution in [3.63, 3.8) is 0 Å². The van der Waals surface area contributed by atoms with Crippen LogP contribution in [0, 0.1) is 5.92 Å². The molecule has 1 aromatic rings. The third-order valence-electron chi connectivity index (χ3n) is 3.44. The van der Waals surface area contributed by atoms with Gasteiger partial charge in [-0.3, -0.25) is 4.79 Å². The van der Waals surface area contributed by atoms with Gasteiger partial charge in [0.25, 0.3) is 5.91 Å². The van der Waals surface area contributed by atoms with Gasteiger partial charge in [-0.2, -0.15) is 0 Å². The van der Waals surface area contributed by atoms with E-state index in [4.69, 9.17) is 4.74 Å². The van der Waals surface area contributed by atoms with E-state index in [9.17, 15) is 4.79 Å². The number of ether oxygens (including phenoxy) is 1. The summed E-state index contributed by atoms with van der Waals surface area (Å²) in [6.45, 7) is 5.34. The lowest BCUT2D eigenvalue weighted by atomic mass is 10.1. The molecule has 0 spiro atoms. The van der Waals surface area contributed by atoms with Crippen molar-refractivity contribution >= 4 is 11.7 Å². The number of carbonyl (C=O) groups is 1. The molecular formula is C15H23N3O2. The molecule has 110 valence electrons. The second-order valence-corrected chi connectivity index (χ2v) is 5.13. The third kappa shape index (κ3) is 4.49. The van der Waals surface area contributed by atoms with E-state index in [0.29, 0.717) is 18.0 Å². The number of nitrogens with one attached hydrogen (secondary N) is 2. The molecule has 0 saturated carbocycles. The van der Waals surface area contributed by atoms with Crippen LogP contribution >= 0.6 is 0 Å². The maximum Gasteiger partial charge on any atom is 0.251 e. The summed E-state index contributed by atoms with van der Waals surface area (Å²) in [4.78, 5) is 16.2. The van der Waals surface area contributed by atoms with E-state index < -0.39 is 0 Å². The maximum absolute atomic E-state index is 12.0. The van der Waals surface area contributed by atoms with Crippen molar-refractivity contribution in [1.82, 2.24) is 10.3 Å². The van der Waals surface area contributed by atoms with Crippen LogP contribution in [-0.4, -0.2) is 37.2 Å². The molecule has 0 aliphatic carbocycles. The van der Waals surface area contributed by atoms with E-state index in [-0.39, 0.29) is 5.91 Å². The van der Waals surface area contributed by atoms with Gasteiger partial charge in [0.1, 0.15) is 5.82 Å². The van der Waals surface area contributed by atoms with Gasteiger partial charge < -0.3 is 15.4 Å². The molecular weight excluding hydrogens is 254 g/mol. The molecule has 1 aromatic heterocycles. The molecule has 0 radical (unpaired) electrons. The van der Waals surface area contributed by atoms with Crippen LogP contribution in [0.3, 0.4) is 0 Å². The zero-order valence-electron chi connectivity index (χ0n) is 12.0. The van der Waals surface area contributed by atoms with Gasteiger partial charge >= 0.3 is 0 Å². The summed E-state index contributed by atoms with van der Waals surface area (Å²) in [6, 6.07) is 3.54. The Kier molecular flexibility index (Phi) is 5.80. The van der Waals surface area contributed by atoms with Crippen molar-refractivity contribution in [2.45, 2.75) is 26.2 Å². The second-order valence-electron chi connectivity index (χ2n) is 5.13. The molecule has 1 unspecified atom stereocenters. The molecule has 0 aromatic carbocycles. The fourth-order valence-electron chi connectivity index (χ4n) is 2.22. The Labute approximate surface area is 120 Å². The minimum absolute atomic E-state index is 0.0362. The number of anilines is 1. The summed E-state index contributed by atoms with van der Waals surface area (Å²) in [6.07, 6.45) is 4.78. The summed E-state index contributed by atoms with van der Waals surface area (Å²) in [5.74, 6) is 1.31. The molecule has 20 heavy (non-hydrogen) atoms. The molecule has 2 heterocycles. The number of hydrogen-bond acceptors (Lipinski definition) is 4. The van der Waals surface area contributed by atoms with Crippen molar-refractivity contribution < 1.29 is 9.53 Å². The predicted molar refractivity (Wildman–Crippen MR) is 78.9 cm³/mol. The molecule has 1 aliphatic heterocycles. The average molecular weight is 277 g/mol. The number of aromatic nitrogens is 1. The van der Waals surface area contributed by atoms with Crippen molar-refractivity contribution in [1.29, 1.82) is 0 Å². The molecule has 1 fully saturated rings. The molecule has 2 N–H and O–H groups in total. The van der Waals surface area contributed by atoms with Crippen molar-refractivity contribution in [2.75, 3.05) is 31.6 Å². The standard InChI is InChI=1S/C15H23N3O2/c1-2-6-16-14-10-13(4-8-17-14)15(19)18-7-3-12-5-9-20-11-12/h4,8,10,12H,2-3,5-7,9,11H2,1H3,(H,16,17)(H,18,19). The maximum atomic E-state index is 12.0. The Morgan fingerprint density at radius 2 is 2.40 bits per heavy atom. The van der Waals surface area contributed by atoms with Crippen LogP contribution in [0.4, 0.5) is 5.82 Å². The van der Waals surface area contributed by atoms with Crippen molar-refractivity contribution in [3.8, 4) is 0 Å². The van der Waals surface area contributed by atoms with Gasteiger partial charge in [-0.05, 0) is 37.3 Å². The summed E-state index contributed by atoms with van der Waals surface area (Å²) >= 11 is 0. The van der Waals surface area contributed by atoms with Crippen LogP contribution in [0.5, 0.6) is 0 Å². The predicted octanol–water partition coefficient (Wildman–Crippen LogP) is 2.06. The van der Waals surface area contributed by atoms with Gasteiger partial charge in [0.05, 0.1) is 0 Å². The van der Waals surface area contributed by atoms with Crippen LogP contribution in [0.1, 0.15) is 36.5 Å². The minimum Gasteiger partial charge on any atom is -0.381 e. The molecule has 2 rings (SSSR count). The minimum atomic E-state index is -0.0362. The lowest BCUT2D eigenvalue weighted by Crippen LogP contribution is -2.26. The number of nitrogens with zero attached hydrogens (tertiary/aromatic N) is 1. The fourth-order valence-corrected chi connectivity index (χ4v) is 2.22. The van der Waals surface area contributed by atoms with Gasteiger partial charge in [0.2, 0.25) is 0 Å². The Morgan fingerprint density at radius 1 is 1.50 bits per heavy atom. The van der Waals surface area contributed by atoms with Crippen LogP contribution in [-0.2, 0) is 4.74 Å². The second kappa shape index (κ2) is 7.85. The molecule has 1 saturated heterocycles. The molecule has 1 atom stereocenters. The third-order valence-corrected chi connectivity index (χ3v) is 3.44. The largest absolute Gasteiger partial charge is 0.381 e. The molecule has 0 bridgehead atoms. The quantitative estimate of drug-likeness (QED) is 0.801. The average Bonchev–Trinajstić information content (AvgIpc) is 2.98. The van der Waals surface area contributed by atoms with Gasteiger partial charge in [0.15, 0.2) is 0 Å². The van der Waals surface area contributed by atoms with Gasteiger partial charge in [-0.25, -0.2) is 4.98 Å². The first-order chi connectivity index (χ1) is 9.79. The van der Waals surface area contributed by atoms with Crippen LogP contribution < -0.4 is 10.6 Å². The van der Waals surface area contributed by atoms with E-state index in [1.807, 2.05) is 0 Å². The highest BCUT2D eigenvalue weighted by atomic mass is 16.5. The summed E-state index contributed by atoms with van der Waals surface area (Å²) in [5, 5.41) is 6.14. The van der Waals surface area contributed by atoms with Crippen LogP contribution in [0.15, 0.2) is 18.3 Å².